The molecule has 3 N–H and O–H groups in total. The standard InChI is InChI=1S/C18H32N4O2.HI/c1-6-14(3)22-17(20-11-10-15-9-8-12-24-15)21-13-18(4,5)16(23)19-7-2;/h8-9,12,14H,6-7,10-11,13H2,1-5H3,(H,19,23)(H2,20,21,22);1H. The number of carbonyl (C=O) groups excluding carboxylic acids is 1. The Bertz CT molecular complexity index is 515. The molecule has 6 nitrogen and oxygen atoms in total. The van der Waals surface area contributed by atoms with E-state index in [1.165, 1.54) is 0 Å². The maximum Gasteiger partial charge on any atom is 0.227 e. The Kier molecular flexibility index (Phi) is 11.6. The van der Waals surface area contributed by atoms with E-state index in [4.69, 9.17) is 4.42 Å². The molecule has 0 aromatic carbocycles. The SMILES string of the molecule is CCNC(=O)C(C)(C)CN=C(NCCc1ccco1)NC(C)CC.I. The average Bonchev–Trinajstić information content (AvgIpc) is 3.05. The van der Waals surface area contributed by atoms with Gasteiger partial charge in [0.1, 0.15) is 5.76 Å². The van der Waals surface area contributed by atoms with Crippen LogP contribution in [0.1, 0.15) is 46.8 Å². The van der Waals surface area contributed by atoms with Crippen LogP contribution < -0.4 is 16.0 Å². The van der Waals surface area contributed by atoms with Gasteiger partial charge in [-0.25, -0.2) is 0 Å². The molecule has 0 aliphatic rings. The fraction of sp³-hybridized carbons (Fsp3) is 0.667. The number of carbonyl (C=O) groups is 1. The summed E-state index contributed by atoms with van der Waals surface area (Å²) >= 11 is 0. The minimum Gasteiger partial charge on any atom is -0.469 e. The number of amides is 1. The van der Waals surface area contributed by atoms with Crippen molar-refractivity contribution >= 4 is 35.8 Å². The van der Waals surface area contributed by atoms with Gasteiger partial charge in [-0.05, 0) is 46.2 Å². The molecule has 0 saturated carbocycles. The van der Waals surface area contributed by atoms with Crippen molar-refractivity contribution < 1.29 is 9.21 Å². The summed E-state index contributed by atoms with van der Waals surface area (Å²) in [5.41, 5.74) is -0.541. The van der Waals surface area contributed by atoms with E-state index in [0.29, 0.717) is 19.1 Å². The summed E-state index contributed by atoms with van der Waals surface area (Å²) in [4.78, 5) is 16.7. The van der Waals surface area contributed by atoms with Gasteiger partial charge in [0.2, 0.25) is 5.91 Å². The van der Waals surface area contributed by atoms with E-state index in [2.05, 4.69) is 34.8 Å². The van der Waals surface area contributed by atoms with Crippen LogP contribution in [0.4, 0.5) is 0 Å². The summed E-state index contributed by atoms with van der Waals surface area (Å²) < 4.78 is 5.34. The minimum absolute atomic E-state index is 0. The molecular weight excluding hydrogens is 431 g/mol. The molecule has 0 saturated heterocycles. The maximum absolute atomic E-state index is 12.1. The molecule has 1 heterocycles. The lowest BCUT2D eigenvalue weighted by molar-refractivity contribution is -0.128. The van der Waals surface area contributed by atoms with Gasteiger partial charge in [-0.15, -0.1) is 24.0 Å². The Morgan fingerprint density at radius 1 is 1.32 bits per heavy atom. The smallest absolute Gasteiger partial charge is 0.227 e. The van der Waals surface area contributed by atoms with Gasteiger partial charge in [0.05, 0.1) is 18.2 Å². The van der Waals surface area contributed by atoms with Crippen LogP contribution in [0.25, 0.3) is 0 Å². The summed E-state index contributed by atoms with van der Waals surface area (Å²) in [6, 6.07) is 4.16. The first-order valence-corrected chi connectivity index (χ1v) is 8.74. The molecule has 1 aromatic heterocycles. The summed E-state index contributed by atoms with van der Waals surface area (Å²) in [6.07, 6.45) is 3.46. The third kappa shape index (κ3) is 9.13. The molecule has 0 fully saturated rings. The summed E-state index contributed by atoms with van der Waals surface area (Å²) in [5, 5.41) is 9.54. The number of hydrogen-bond donors (Lipinski definition) is 3. The molecule has 1 atom stereocenters. The van der Waals surface area contributed by atoms with Gasteiger partial charge in [0.25, 0.3) is 0 Å². The Hall–Kier alpha value is -1.25. The lowest BCUT2D eigenvalue weighted by atomic mass is 9.92. The van der Waals surface area contributed by atoms with Gasteiger partial charge in [0.15, 0.2) is 5.96 Å². The summed E-state index contributed by atoms with van der Waals surface area (Å²) in [5.74, 6) is 1.69. The topological polar surface area (TPSA) is 78.7 Å². The Labute approximate surface area is 168 Å². The normalized spacial score (nSPS) is 12.9. The first-order chi connectivity index (χ1) is 11.4. The third-order valence-corrected chi connectivity index (χ3v) is 3.82. The molecule has 25 heavy (non-hydrogen) atoms. The van der Waals surface area contributed by atoms with Crippen LogP contribution in [0, 0.1) is 5.41 Å². The summed E-state index contributed by atoms with van der Waals surface area (Å²) in [7, 11) is 0. The van der Waals surface area contributed by atoms with Gasteiger partial charge < -0.3 is 20.4 Å². The van der Waals surface area contributed by atoms with Gasteiger partial charge in [-0.1, -0.05) is 6.92 Å². The molecule has 1 unspecified atom stereocenters. The number of halogens is 1. The molecule has 144 valence electrons. The highest BCUT2D eigenvalue weighted by Crippen LogP contribution is 2.15. The Morgan fingerprint density at radius 2 is 2.04 bits per heavy atom. The average molecular weight is 464 g/mol. The van der Waals surface area contributed by atoms with Crippen molar-refractivity contribution in [3.8, 4) is 0 Å². The van der Waals surface area contributed by atoms with E-state index in [0.717, 1.165) is 31.1 Å². The van der Waals surface area contributed by atoms with Crippen molar-refractivity contribution in [3.63, 3.8) is 0 Å². The van der Waals surface area contributed by atoms with Crippen LogP contribution in [0.2, 0.25) is 0 Å². The van der Waals surface area contributed by atoms with Gasteiger partial charge in [0, 0.05) is 25.6 Å². The van der Waals surface area contributed by atoms with Gasteiger partial charge in [-0.2, -0.15) is 0 Å². The van der Waals surface area contributed by atoms with Gasteiger partial charge >= 0.3 is 0 Å². The zero-order valence-electron chi connectivity index (χ0n) is 16.0. The van der Waals surface area contributed by atoms with E-state index in [-0.39, 0.29) is 29.9 Å². The largest absolute Gasteiger partial charge is 0.469 e. The second-order valence-corrected chi connectivity index (χ2v) is 6.62. The quantitative estimate of drug-likeness (QED) is 0.298. The lowest BCUT2D eigenvalue weighted by Crippen LogP contribution is -2.44. The van der Waals surface area contributed by atoms with E-state index in [9.17, 15) is 4.79 Å². The van der Waals surface area contributed by atoms with Crippen LogP contribution in [0.15, 0.2) is 27.8 Å². The Morgan fingerprint density at radius 3 is 2.60 bits per heavy atom. The van der Waals surface area contributed by atoms with Gasteiger partial charge in [-0.3, -0.25) is 9.79 Å². The maximum atomic E-state index is 12.1. The minimum atomic E-state index is -0.541. The molecule has 0 radical (unpaired) electrons. The fourth-order valence-electron chi connectivity index (χ4n) is 2.00. The van der Waals surface area contributed by atoms with Crippen LogP contribution in [0.3, 0.4) is 0 Å². The number of nitrogens with one attached hydrogen (secondary N) is 3. The van der Waals surface area contributed by atoms with Crippen molar-refractivity contribution in [3.05, 3.63) is 24.2 Å². The predicted octanol–water partition coefficient (Wildman–Crippen LogP) is 2.94. The number of hydrogen-bond acceptors (Lipinski definition) is 3. The number of guanidine groups is 1. The molecule has 0 aliphatic carbocycles. The lowest BCUT2D eigenvalue weighted by Gasteiger charge is -2.23. The number of nitrogens with zero attached hydrogens (tertiary/aromatic N) is 1. The molecule has 1 aromatic rings. The summed E-state index contributed by atoms with van der Waals surface area (Å²) in [6.45, 7) is 11.7. The van der Waals surface area contributed by atoms with Crippen LogP contribution in [-0.4, -0.2) is 37.5 Å². The monoisotopic (exact) mass is 464 g/mol. The molecular formula is C18H33IN4O2. The van der Waals surface area contributed by atoms with E-state index < -0.39 is 5.41 Å². The zero-order chi connectivity index (χ0) is 18.0. The zero-order valence-corrected chi connectivity index (χ0v) is 18.3. The molecule has 0 aliphatic heterocycles. The first-order valence-electron chi connectivity index (χ1n) is 8.74. The molecule has 1 amide bonds. The predicted molar refractivity (Wildman–Crippen MR) is 113 cm³/mol. The second kappa shape index (κ2) is 12.2. The molecule has 1 rings (SSSR count). The molecule has 0 spiro atoms. The van der Waals surface area contributed by atoms with Crippen LogP contribution >= 0.6 is 24.0 Å². The first kappa shape index (κ1) is 23.8. The fourth-order valence-corrected chi connectivity index (χ4v) is 2.00. The van der Waals surface area contributed by atoms with E-state index in [1.54, 1.807) is 6.26 Å². The molecule has 0 bridgehead atoms. The highest BCUT2D eigenvalue weighted by atomic mass is 127. The number of furan rings is 1. The van der Waals surface area contributed by atoms with E-state index >= 15 is 0 Å². The van der Waals surface area contributed by atoms with Crippen molar-refractivity contribution in [2.45, 2.75) is 53.5 Å². The Balaban J connectivity index is 0.00000576. The third-order valence-electron chi connectivity index (χ3n) is 3.82. The van der Waals surface area contributed by atoms with Crippen LogP contribution in [0.5, 0.6) is 0 Å². The van der Waals surface area contributed by atoms with Crippen molar-refractivity contribution in [1.82, 2.24) is 16.0 Å². The molecule has 7 heteroatoms. The van der Waals surface area contributed by atoms with Crippen LogP contribution in [-0.2, 0) is 11.2 Å². The highest BCUT2D eigenvalue weighted by Gasteiger charge is 2.26. The number of rotatable bonds is 9. The second-order valence-electron chi connectivity index (χ2n) is 6.62. The van der Waals surface area contributed by atoms with Crippen molar-refractivity contribution in [2.24, 2.45) is 10.4 Å². The van der Waals surface area contributed by atoms with Crippen molar-refractivity contribution in [2.75, 3.05) is 19.6 Å². The van der Waals surface area contributed by atoms with E-state index in [1.807, 2.05) is 32.9 Å². The van der Waals surface area contributed by atoms with Crippen molar-refractivity contribution in [1.29, 1.82) is 0 Å². The number of aliphatic imine (C=N–C) groups is 1. The highest BCUT2D eigenvalue weighted by molar-refractivity contribution is 14.0.